The van der Waals surface area contributed by atoms with Gasteiger partial charge in [-0.05, 0) is 45.8 Å². The predicted molar refractivity (Wildman–Crippen MR) is 84.1 cm³/mol. The molecular weight excluding hydrogens is 355 g/mol. The molecule has 3 nitrogen and oxygen atoms in total. The summed E-state index contributed by atoms with van der Waals surface area (Å²) in [5.41, 5.74) is 1.76. The van der Waals surface area contributed by atoms with E-state index in [0.717, 1.165) is 11.3 Å². The molecule has 108 valence electrons. The lowest BCUT2D eigenvalue weighted by Gasteiger charge is -2.24. The Morgan fingerprint density at radius 1 is 1.38 bits per heavy atom. The lowest BCUT2D eigenvalue weighted by molar-refractivity contribution is -0.128. The summed E-state index contributed by atoms with van der Waals surface area (Å²) in [4.78, 5) is 18.2. The van der Waals surface area contributed by atoms with Crippen molar-refractivity contribution in [2.75, 3.05) is 5.75 Å². The number of rotatable bonds is 3. The molecular formula is C15H12BrFN2OS. The Labute approximate surface area is 134 Å². The van der Waals surface area contributed by atoms with Gasteiger partial charge in [-0.1, -0.05) is 12.1 Å². The number of amides is 1. The standard InChI is InChI=1S/C15H12BrFN2OS/c16-12-7-10(4-5-13(12)17)15-19(14(20)9-21-15)8-11-3-1-2-6-18-11/h1-7,15H,8-9H2. The van der Waals surface area contributed by atoms with E-state index >= 15 is 0 Å². The molecule has 0 radical (unpaired) electrons. The molecule has 1 aliphatic heterocycles. The van der Waals surface area contributed by atoms with Gasteiger partial charge in [-0.3, -0.25) is 9.78 Å². The minimum absolute atomic E-state index is 0.0797. The highest BCUT2D eigenvalue weighted by atomic mass is 79.9. The fourth-order valence-electron chi connectivity index (χ4n) is 2.23. The molecule has 1 aliphatic rings. The van der Waals surface area contributed by atoms with E-state index in [1.54, 1.807) is 35.0 Å². The lowest BCUT2D eigenvalue weighted by atomic mass is 10.2. The Kier molecular flexibility index (Phi) is 4.26. The predicted octanol–water partition coefficient (Wildman–Crippen LogP) is 3.76. The van der Waals surface area contributed by atoms with E-state index in [9.17, 15) is 9.18 Å². The third kappa shape index (κ3) is 3.11. The minimum atomic E-state index is -0.302. The Morgan fingerprint density at radius 3 is 2.95 bits per heavy atom. The molecule has 1 atom stereocenters. The second kappa shape index (κ2) is 6.15. The van der Waals surface area contributed by atoms with Crippen molar-refractivity contribution in [3.8, 4) is 0 Å². The van der Waals surface area contributed by atoms with E-state index in [1.165, 1.54) is 6.07 Å². The molecule has 2 aromatic rings. The molecule has 1 aromatic carbocycles. The first-order valence-electron chi connectivity index (χ1n) is 6.41. The molecule has 3 rings (SSSR count). The SMILES string of the molecule is O=C1CSC(c2ccc(F)c(Br)c2)N1Cc1ccccn1. The van der Waals surface area contributed by atoms with E-state index in [4.69, 9.17) is 0 Å². The summed E-state index contributed by atoms with van der Waals surface area (Å²) in [5, 5.41) is -0.101. The van der Waals surface area contributed by atoms with Crippen molar-refractivity contribution >= 4 is 33.6 Å². The molecule has 1 aromatic heterocycles. The topological polar surface area (TPSA) is 33.2 Å². The van der Waals surface area contributed by atoms with Crippen LogP contribution in [0.2, 0.25) is 0 Å². The van der Waals surface area contributed by atoms with Crippen LogP contribution in [-0.4, -0.2) is 21.5 Å². The summed E-state index contributed by atoms with van der Waals surface area (Å²) in [6, 6.07) is 10.5. The Hall–Kier alpha value is -1.40. The van der Waals surface area contributed by atoms with Crippen LogP contribution in [0.3, 0.4) is 0 Å². The number of nitrogens with zero attached hydrogens (tertiary/aromatic N) is 2. The van der Waals surface area contributed by atoms with Crippen LogP contribution in [0.15, 0.2) is 47.1 Å². The summed E-state index contributed by atoms with van der Waals surface area (Å²) >= 11 is 4.75. The third-order valence-electron chi connectivity index (χ3n) is 3.26. The Morgan fingerprint density at radius 2 is 2.24 bits per heavy atom. The van der Waals surface area contributed by atoms with Gasteiger partial charge in [0.05, 0.1) is 22.5 Å². The number of hydrogen-bond acceptors (Lipinski definition) is 3. The van der Waals surface area contributed by atoms with Crippen molar-refractivity contribution < 1.29 is 9.18 Å². The highest BCUT2D eigenvalue weighted by Gasteiger charge is 2.33. The zero-order chi connectivity index (χ0) is 14.8. The molecule has 0 N–H and O–H groups in total. The van der Waals surface area contributed by atoms with Crippen molar-refractivity contribution in [2.45, 2.75) is 11.9 Å². The zero-order valence-electron chi connectivity index (χ0n) is 11.0. The molecule has 0 spiro atoms. The number of hydrogen-bond donors (Lipinski definition) is 0. The average Bonchev–Trinajstić information content (AvgIpc) is 2.85. The zero-order valence-corrected chi connectivity index (χ0v) is 13.4. The lowest BCUT2D eigenvalue weighted by Crippen LogP contribution is -2.28. The van der Waals surface area contributed by atoms with Crippen LogP contribution in [0.1, 0.15) is 16.6 Å². The van der Waals surface area contributed by atoms with Gasteiger partial charge in [0.1, 0.15) is 11.2 Å². The summed E-state index contributed by atoms with van der Waals surface area (Å²) in [6.45, 7) is 0.465. The minimum Gasteiger partial charge on any atom is -0.320 e. The fraction of sp³-hybridized carbons (Fsp3) is 0.200. The molecule has 1 saturated heterocycles. The monoisotopic (exact) mass is 366 g/mol. The molecule has 1 fully saturated rings. The van der Waals surface area contributed by atoms with Crippen molar-refractivity contribution in [1.29, 1.82) is 0 Å². The first kappa shape index (κ1) is 14.5. The Balaban J connectivity index is 1.86. The molecule has 1 unspecified atom stereocenters. The maximum atomic E-state index is 13.4. The van der Waals surface area contributed by atoms with Gasteiger partial charge in [-0.25, -0.2) is 4.39 Å². The number of benzene rings is 1. The van der Waals surface area contributed by atoms with Gasteiger partial charge in [-0.15, -0.1) is 11.8 Å². The highest BCUT2D eigenvalue weighted by molar-refractivity contribution is 9.10. The van der Waals surface area contributed by atoms with Crippen LogP contribution in [0.4, 0.5) is 4.39 Å². The number of pyridine rings is 1. The van der Waals surface area contributed by atoms with Gasteiger partial charge < -0.3 is 4.90 Å². The fourth-order valence-corrected chi connectivity index (χ4v) is 3.81. The first-order chi connectivity index (χ1) is 10.1. The van der Waals surface area contributed by atoms with Gasteiger partial charge >= 0.3 is 0 Å². The van der Waals surface area contributed by atoms with Crippen LogP contribution in [0.25, 0.3) is 0 Å². The van der Waals surface area contributed by atoms with Crippen LogP contribution < -0.4 is 0 Å². The largest absolute Gasteiger partial charge is 0.320 e. The van der Waals surface area contributed by atoms with Gasteiger partial charge in [-0.2, -0.15) is 0 Å². The van der Waals surface area contributed by atoms with E-state index in [1.807, 2.05) is 18.2 Å². The maximum absolute atomic E-state index is 13.4. The molecule has 0 saturated carbocycles. The molecule has 0 aliphatic carbocycles. The van der Waals surface area contributed by atoms with Crippen molar-refractivity contribution in [3.63, 3.8) is 0 Å². The van der Waals surface area contributed by atoms with E-state index in [-0.39, 0.29) is 17.1 Å². The van der Waals surface area contributed by atoms with Crippen LogP contribution in [-0.2, 0) is 11.3 Å². The molecule has 21 heavy (non-hydrogen) atoms. The molecule has 1 amide bonds. The van der Waals surface area contributed by atoms with Crippen LogP contribution in [0.5, 0.6) is 0 Å². The van der Waals surface area contributed by atoms with Crippen molar-refractivity contribution in [1.82, 2.24) is 9.88 Å². The van der Waals surface area contributed by atoms with Gasteiger partial charge in [0, 0.05) is 6.20 Å². The van der Waals surface area contributed by atoms with Gasteiger partial charge in [0.15, 0.2) is 0 Å². The Bertz CT molecular complexity index is 668. The number of halogens is 2. The van der Waals surface area contributed by atoms with Crippen LogP contribution >= 0.6 is 27.7 Å². The smallest absolute Gasteiger partial charge is 0.234 e. The molecule has 0 bridgehead atoms. The summed E-state index contributed by atoms with van der Waals surface area (Å²) < 4.78 is 13.8. The van der Waals surface area contributed by atoms with E-state index in [2.05, 4.69) is 20.9 Å². The maximum Gasteiger partial charge on any atom is 0.234 e. The van der Waals surface area contributed by atoms with E-state index in [0.29, 0.717) is 16.8 Å². The second-order valence-corrected chi connectivity index (χ2v) is 6.60. The number of aromatic nitrogens is 1. The average molecular weight is 367 g/mol. The number of thioether (sulfide) groups is 1. The van der Waals surface area contributed by atoms with Crippen molar-refractivity contribution in [3.05, 3.63) is 64.1 Å². The number of carbonyl (C=O) groups is 1. The van der Waals surface area contributed by atoms with E-state index < -0.39 is 0 Å². The van der Waals surface area contributed by atoms with Gasteiger partial charge in [0.2, 0.25) is 5.91 Å². The highest BCUT2D eigenvalue weighted by Crippen LogP contribution is 2.40. The number of carbonyl (C=O) groups excluding carboxylic acids is 1. The molecule has 2 heterocycles. The van der Waals surface area contributed by atoms with Crippen LogP contribution in [0, 0.1) is 5.82 Å². The first-order valence-corrected chi connectivity index (χ1v) is 8.25. The quantitative estimate of drug-likeness (QED) is 0.828. The van der Waals surface area contributed by atoms with Gasteiger partial charge in [0.25, 0.3) is 0 Å². The summed E-state index contributed by atoms with van der Waals surface area (Å²) in [6.07, 6.45) is 1.71. The molecule has 6 heteroatoms. The van der Waals surface area contributed by atoms with Crippen molar-refractivity contribution in [2.24, 2.45) is 0 Å². The summed E-state index contributed by atoms with van der Waals surface area (Å²) in [5.74, 6) is 0.215. The second-order valence-electron chi connectivity index (χ2n) is 4.68. The third-order valence-corrected chi connectivity index (χ3v) is 5.12. The summed E-state index contributed by atoms with van der Waals surface area (Å²) in [7, 11) is 0. The normalized spacial score (nSPS) is 18.3.